The molecule has 0 saturated heterocycles. The van der Waals surface area contributed by atoms with Crippen LogP contribution in [0.2, 0.25) is 0 Å². The first-order valence-electron chi connectivity index (χ1n) is 12.0. The van der Waals surface area contributed by atoms with E-state index in [2.05, 4.69) is 20.9 Å². The van der Waals surface area contributed by atoms with E-state index in [4.69, 9.17) is 9.97 Å². The molecule has 3 N–H and O–H groups in total. The maximum Gasteiger partial charge on any atom is 0.319 e. The zero-order valence-corrected chi connectivity index (χ0v) is 20.1. The van der Waals surface area contributed by atoms with Gasteiger partial charge in [-0.15, -0.1) is 0 Å². The van der Waals surface area contributed by atoms with Crippen LogP contribution in [0.3, 0.4) is 0 Å². The molecule has 0 aliphatic heterocycles. The van der Waals surface area contributed by atoms with E-state index < -0.39 is 4.92 Å². The average Bonchev–Trinajstić information content (AvgIpc) is 2.81. The van der Waals surface area contributed by atoms with Gasteiger partial charge < -0.3 is 20.9 Å². The van der Waals surface area contributed by atoms with Crippen LogP contribution in [0.5, 0.6) is 0 Å². The van der Waals surface area contributed by atoms with Crippen molar-refractivity contribution >= 4 is 29.2 Å². The average molecular weight is 468 g/mol. The van der Waals surface area contributed by atoms with Crippen LogP contribution in [-0.2, 0) is 12.8 Å². The fourth-order valence-electron chi connectivity index (χ4n) is 4.82. The lowest BCUT2D eigenvalue weighted by atomic mass is 9.91. The molecule has 1 saturated carbocycles. The Kier molecular flexibility index (Phi) is 7.14. The second kappa shape index (κ2) is 10.2. The van der Waals surface area contributed by atoms with Crippen molar-refractivity contribution in [3.63, 3.8) is 0 Å². The molecule has 1 aromatic heterocycles. The molecule has 0 atom stereocenters. The molecule has 0 unspecified atom stereocenters. The molecule has 1 aromatic carbocycles. The smallest absolute Gasteiger partial charge is 0.319 e. The standard InChI is InChI=1S/C24H33N7O3/c1-15-14-18(31(33)34)12-13-20(15)28-24(32)26-17-10-8-16(9-11-17)25-23-27-21-7-5-4-6-19(21)22(29-23)30(2)3/h12-14,16-17H,4-11H2,1-3H3,(H,25,27,29)(H2,26,28,32)/t16-,17+. The second-order valence-corrected chi connectivity index (χ2v) is 9.45. The van der Waals surface area contributed by atoms with E-state index in [1.807, 2.05) is 14.1 Å². The van der Waals surface area contributed by atoms with Crippen molar-refractivity contribution in [3.05, 3.63) is 45.1 Å². The van der Waals surface area contributed by atoms with E-state index in [9.17, 15) is 14.9 Å². The molecular weight excluding hydrogens is 434 g/mol. The summed E-state index contributed by atoms with van der Waals surface area (Å²) >= 11 is 0. The molecule has 10 heteroatoms. The van der Waals surface area contributed by atoms with Crippen molar-refractivity contribution < 1.29 is 9.72 Å². The summed E-state index contributed by atoms with van der Waals surface area (Å²) in [7, 11) is 4.06. The lowest BCUT2D eigenvalue weighted by Crippen LogP contribution is -2.42. The number of hydrogen-bond donors (Lipinski definition) is 3. The molecule has 1 fully saturated rings. The quantitative estimate of drug-likeness (QED) is 0.430. The van der Waals surface area contributed by atoms with Crippen LogP contribution in [0.4, 0.5) is 27.9 Å². The Morgan fingerprint density at radius 2 is 1.79 bits per heavy atom. The Morgan fingerprint density at radius 1 is 1.09 bits per heavy atom. The van der Waals surface area contributed by atoms with E-state index in [0.717, 1.165) is 44.3 Å². The minimum Gasteiger partial charge on any atom is -0.362 e. The maximum absolute atomic E-state index is 12.5. The number of fused-ring (bicyclic) bond motifs is 1. The zero-order chi connectivity index (χ0) is 24.2. The number of nitro benzene ring substituents is 1. The van der Waals surface area contributed by atoms with Crippen molar-refractivity contribution in [2.24, 2.45) is 0 Å². The van der Waals surface area contributed by atoms with Crippen LogP contribution < -0.4 is 20.9 Å². The Balaban J connectivity index is 1.30. The highest BCUT2D eigenvalue weighted by Gasteiger charge is 2.25. The highest BCUT2D eigenvalue weighted by molar-refractivity contribution is 5.90. The number of nitro groups is 1. The van der Waals surface area contributed by atoms with Gasteiger partial charge in [-0.3, -0.25) is 10.1 Å². The van der Waals surface area contributed by atoms with E-state index in [-0.39, 0.29) is 23.8 Å². The number of anilines is 3. The molecule has 10 nitrogen and oxygen atoms in total. The van der Waals surface area contributed by atoms with Gasteiger partial charge in [-0.25, -0.2) is 9.78 Å². The summed E-state index contributed by atoms with van der Waals surface area (Å²) in [6, 6.07) is 4.48. The minimum absolute atomic E-state index is 0.00916. The number of carbonyl (C=O) groups excluding carboxylic acids is 1. The van der Waals surface area contributed by atoms with Crippen LogP contribution in [-0.4, -0.2) is 47.1 Å². The van der Waals surface area contributed by atoms with Gasteiger partial charge in [0.15, 0.2) is 0 Å². The third-order valence-corrected chi connectivity index (χ3v) is 6.65. The van der Waals surface area contributed by atoms with Gasteiger partial charge in [-0.2, -0.15) is 4.98 Å². The number of aromatic nitrogens is 2. The largest absolute Gasteiger partial charge is 0.362 e. The van der Waals surface area contributed by atoms with Crippen molar-refractivity contribution in [3.8, 4) is 0 Å². The third kappa shape index (κ3) is 5.55. The number of hydrogen-bond acceptors (Lipinski definition) is 7. The van der Waals surface area contributed by atoms with Crippen LogP contribution >= 0.6 is 0 Å². The van der Waals surface area contributed by atoms with E-state index in [0.29, 0.717) is 17.2 Å². The van der Waals surface area contributed by atoms with Gasteiger partial charge in [0.1, 0.15) is 5.82 Å². The Bertz CT molecular complexity index is 1060. The molecule has 2 aliphatic rings. The van der Waals surface area contributed by atoms with Crippen molar-refractivity contribution in [2.75, 3.05) is 29.6 Å². The topological polar surface area (TPSA) is 125 Å². The Labute approximate surface area is 199 Å². The third-order valence-electron chi connectivity index (χ3n) is 6.65. The summed E-state index contributed by atoms with van der Waals surface area (Å²) < 4.78 is 0. The summed E-state index contributed by atoms with van der Waals surface area (Å²) in [6.07, 6.45) is 7.96. The summed E-state index contributed by atoms with van der Waals surface area (Å²) in [5, 5.41) is 20.3. The fourth-order valence-corrected chi connectivity index (χ4v) is 4.82. The van der Waals surface area contributed by atoms with Gasteiger partial charge >= 0.3 is 6.03 Å². The van der Waals surface area contributed by atoms with Crippen molar-refractivity contribution in [1.82, 2.24) is 15.3 Å². The monoisotopic (exact) mass is 467 g/mol. The van der Waals surface area contributed by atoms with Gasteiger partial charge in [0, 0.05) is 49.6 Å². The van der Waals surface area contributed by atoms with Crippen molar-refractivity contribution in [2.45, 2.75) is 70.4 Å². The second-order valence-electron chi connectivity index (χ2n) is 9.45. The lowest BCUT2D eigenvalue weighted by molar-refractivity contribution is -0.384. The maximum atomic E-state index is 12.5. The van der Waals surface area contributed by atoms with E-state index in [1.54, 1.807) is 13.0 Å². The zero-order valence-electron chi connectivity index (χ0n) is 20.1. The number of non-ortho nitro benzene ring substituents is 1. The molecule has 2 aliphatic carbocycles. The SMILES string of the molecule is Cc1cc([N+](=O)[O-])ccc1NC(=O)N[C@H]1CC[C@@H](Nc2nc3c(c(N(C)C)n2)CCCC3)CC1. The molecule has 0 spiro atoms. The summed E-state index contributed by atoms with van der Waals surface area (Å²) in [5.74, 6) is 1.72. The van der Waals surface area contributed by atoms with E-state index in [1.165, 1.54) is 36.2 Å². The molecule has 0 bridgehead atoms. The number of aryl methyl sites for hydroxylation is 2. The first-order valence-corrected chi connectivity index (χ1v) is 12.0. The summed E-state index contributed by atoms with van der Waals surface area (Å²) in [4.78, 5) is 34.6. The van der Waals surface area contributed by atoms with Crippen LogP contribution in [0.25, 0.3) is 0 Å². The molecular formula is C24H33N7O3. The molecule has 182 valence electrons. The summed E-state index contributed by atoms with van der Waals surface area (Å²) in [6.45, 7) is 1.74. The fraction of sp³-hybridized carbons (Fsp3) is 0.542. The first kappa shape index (κ1) is 23.7. The number of rotatable bonds is 6. The van der Waals surface area contributed by atoms with Crippen LogP contribution in [0, 0.1) is 17.0 Å². The number of carbonyl (C=O) groups is 1. The molecule has 2 aromatic rings. The van der Waals surface area contributed by atoms with Gasteiger partial charge in [0.2, 0.25) is 5.95 Å². The summed E-state index contributed by atoms with van der Waals surface area (Å²) in [5.41, 5.74) is 3.68. The van der Waals surface area contributed by atoms with Crippen molar-refractivity contribution in [1.29, 1.82) is 0 Å². The van der Waals surface area contributed by atoms with Crippen LogP contribution in [0.15, 0.2) is 18.2 Å². The van der Waals surface area contributed by atoms with Gasteiger partial charge in [-0.05, 0) is 69.9 Å². The normalized spacial score (nSPS) is 19.6. The number of urea groups is 1. The highest BCUT2D eigenvalue weighted by Crippen LogP contribution is 2.29. The minimum atomic E-state index is -0.445. The molecule has 2 amide bonds. The number of nitrogens with zero attached hydrogens (tertiary/aromatic N) is 4. The lowest BCUT2D eigenvalue weighted by Gasteiger charge is -2.30. The number of benzene rings is 1. The molecule has 0 radical (unpaired) electrons. The molecule has 34 heavy (non-hydrogen) atoms. The molecule has 4 rings (SSSR count). The molecule has 1 heterocycles. The van der Waals surface area contributed by atoms with Gasteiger partial charge in [-0.1, -0.05) is 0 Å². The number of nitrogens with one attached hydrogen (secondary N) is 3. The predicted octanol–water partition coefficient (Wildman–Crippen LogP) is 4.18. The van der Waals surface area contributed by atoms with Crippen LogP contribution in [0.1, 0.15) is 55.3 Å². The highest BCUT2D eigenvalue weighted by atomic mass is 16.6. The number of amides is 2. The Hall–Kier alpha value is -3.43. The van der Waals surface area contributed by atoms with E-state index >= 15 is 0 Å². The first-order chi connectivity index (χ1) is 16.3. The van der Waals surface area contributed by atoms with Gasteiger partial charge in [0.25, 0.3) is 5.69 Å². The predicted molar refractivity (Wildman–Crippen MR) is 133 cm³/mol. The van der Waals surface area contributed by atoms with Gasteiger partial charge in [0.05, 0.1) is 10.6 Å². The Morgan fingerprint density at radius 3 is 2.47 bits per heavy atom.